The van der Waals surface area contributed by atoms with Gasteiger partial charge in [0.15, 0.2) is 9.02 Å². The molecule has 0 heterocycles. The van der Waals surface area contributed by atoms with Crippen molar-refractivity contribution in [2.75, 3.05) is 6.61 Å². The first-order valence-electron chi connectivity index (χ1n) is 3.11. The highest BCUT2D eigenvalue weighted by molar-refractivity contribution is 9.26. The van der Waals surface area contributed by atoms with Gasteiger partial charge >= 0.3 is 0 Å². The van der Waals surface area contributed by atoms with Crippen LogP contribution in [0.5, 0.6) is 0 Å². The van der Waals surface area contributed by atoms with Crippen LogP contribution >= 0.6 is 31.9 Å². The lowest BCUT2D eigenvalue weighted by molar-refractivity contribution is -0.133. The molecule has 1 rings (SSSR count). The van der Waals surface area contributed by atoms with Crippen LogP contribution in [0.2, 0.25) is 0 Å². The number of hydrogen-bond donors (Lipinski definition) is 0. The highest BCUT2D eigenvalue weighted by Crippen LogP contribution is 2.44. The summed E-state index contributed by atoms with van der Waals surface area (Å²) in [6, 6.07) is 0. The van der Waals surface area contributed by atoms with E-state index in [2.05, 4.69) is 31.9 Å². The quantitative estimate of drug-likeness (QED) is 0.717. The molecule has 58 valence electrons. The van der Waals surface area contributed by atoms with E-state index in [9.17, 15) is 4.79 Å². The molecule has 1 fully saturated rings. The molecule has 1 unspecified atom stereocenters. The number of hydrogen-bond acceptors (Lipinski definition) is 2. The first-order valence-corrected chi connectivity index (χ1v) is 4.70. The Bertz CT molecular complexity index is 156. The van der Waals surface area contributed by atoms with E-state index in [1.807, 2.05) is 6.92 Å². The van der Waals surface area contributed by atoms with Gasteiger partial charge in [0.1, 0.15) is 0 Å². The van der Waals surface area contributed by atoms with Gasteiger partial charge in [0, 0.05) is 13.0 Å². The summed E-state index contributed by atoms with van der Waals surface area (Å²) in [6.07, 6.45) is 0.523. The Morgan fingerprint density at radius 3 is 2.70 bits per heavy atom. The first-order chi connectivity index (χ1) is 4.59. The minimum atomic E-state index is -0.587. The van der Waals surface area contributed by atoms with Crippen LogP contribution in [0, 0.1) is 0 Å². The summed E-state index contributed by atoms with van der Waals surface area (Å²) in [5.41, 5.74) is 0. The largest absolute Gasteiger partial charge is 0.375 e. The molecular formula is C6H8Br2O2. The highest BCUT2D eigenvalue weighted by Gasteiger charge is 2.52. The van der Waals surface area contributed by atoms with Gasteiger partial charge < -0.3 is 4.74 Å². The van der Waals surface area contributed by atoms with Crippen molar-refractivity contribution in [3.8, 4) is 0 Å². The number of rotatable bonds is 2. The molecule has 0 saturated heterocycles. The Balaban J connectivity index is 2.46. The summed E-state index contributed by atoms with van der Waals surface area (Å²) in [7, 11) is 0. The van der Waals surface area contributed by atoms with Crippen molar-refractivity contribution in [2.45, 2.75) is 22.7 Å². The van der Waals surface area contributed by atoms with Gasteiger partial charge in [0.2, 0.25) is 0 Å². The van der Waals surface area contributed by atoms with Gasteiger partial charge in [-0.3, -0.25) is 4.79 Å². The molecule has 1 aliphatic carbocycles. The maximum absolute atomic E-state index is 10.9. The second-order valence-electron chi connectivity index (χ2n) is 2.19. The van der Waals surface area contributed by atoms with Crippen molar-refractivity contribution in [1.29, 1.82) is 0 Å². The lowest BCUT2D eigenvalue weighted by Gasteiger charge is -2.37. The summed E-state index contributed by atoms with van der Waals surface area (Å²) in [5, 5.41) is 0. The Labute approximate surface area is 76.6 Å². The first kappa shape index (κ1) is 8.68. The zero-order valence-corrected chi connectivity index (χ0v) is 8.74. The minimum absolute atomic E-state index is 0.00463. The normalized spacial score (nSPS) is 29.9. The fourth-order valence-electron chi connectivity index (χ4n) is 0.846. The molecule has 0 aromatic heterocycles. The van der Waals surface area contributed by atoms with Crippen LogP contribution in [0.25, 0.3) is 0 Å². The fourth-order valence-corrected chi connectivity index (χ4v) is 1.76. The number of carbonyl (C=O) groups is 1. The Morgan fingerprint density at radius 2 is 2.40 bits per heavy atom. The summed E-state index contributed by atoms with van der Waals surface area (Å²) >= 11 is 6.48. The summed E-state index contributed by atoms with van der Waals surface area (Å²) in [5.74, 6) is 0.158. The number of ketones is 1. The topological polar surface area (TPSA) is 26.3 Å². The summed E-state index contributed by atoms with van der Waals surface area (Å²) in [6.45, 7) is 2.57. The zero-order valence-electron chi connectivity index (χ0n) is 5.56. The second-order valence-corrected chi connectivity index (χ2v) is 5.76. The van der Waals surface area contributed by atoms with Crippen LogP contribution in [-0.4, -0.2) is 21.7 Å². The van der Waals surface area contributed by atoms with Crippen molar-refractivity contribution in [2.24, 2.45) is 0 Å². The van der Waals surface area contributed by atoms with E-state index >= 15 is 0 Å². The van der Waals surface area contributed by atoms with Crippen LogP contribution in [0.1, 0.15) is 13.3 Å². The van der Waals surface area contributed by atoms with Gasteiger partial charge in [-0.15, -0.1) is 0 Å². The van der Waals surface area contributed by atoms with E-state index in [0.717, 1.165) is 0 Å². The molecule has 0 amide bonds. The van der Waals surface area contributed by atoms with Gasteiger partial charge in [-0.2, -0.15) is 0 Å². The third-order valence-corrected chi connectivity index (χ3v) is 3.42. The van der Waals surface area contributed by atoms with Gasteiger partial charge in [-0.1, -0.05) is 31.9 Å². The lowest BCUT2D eigenvalue weighted by atomic mass is 9.94. The molecule has 10 heavy (non-hydrogen) atoms. The van der Waals surface area contributed by atoms with E-state index in [-0.39, 0.29) is 11.9 Å². The number of alkyl halides is 2. The molecule has 0 bridgehead atoms. The molecule has 1 aliphatic rings. The SMILES string of the molecule is CCOC1CC(=O)C1(Br)Br. The molecule has 0 aliphatic heterocycles. The molecule has 1 saturated carbocycles. The fraction of sp³-hybridized carbons (Fsp3) is 0.833. The van der Waals surface area contributed by atoms with Gasteiger partial charge in [-0.25, -0.2) is 0 Å². The van der Waals surface area contributed by atoms with Crippen LogP contribution in [-0.2, 0) is 9.53 Å². The lowest BCUT2D eigenvalue weighted by Crippen LogP contribution is -2.52. The van der Waals surface area contributed by atoms with E-state index in [1.54, 1.807) is 0 Å². The molecule has 0 aromatic carbocycles. The third kappa shape index (κ3) is 1.29. The van der Waals surface area contributed by atoms with Crippen molar-refractivity contribution in [3.63, 3.8) is 0 Å². The summed E-state index contributed by atoms with van der Waals surface area (Å²) in [4.78, 5) is 10.9. The number of Topliss-reactive ketones (excluding diaryl/α,β-unsaturated/α-hetero) is 1. The monoisotopic (exact) mass is 270 g/mol. The maximum atomic E-state index is 10.9. The Morgan fingerprint density at radius 1 is 1.80 bits per heavy atom. The molecule has 0 N–H and O–H groups in total. The van der Waals surface area contributed by atoms with E-state index < -0.39 is 3.23 Å². The van der Waals surface area contributed by atoms with Crippen molar-refractivity contribution < 1.29 is 9.53 Å². The molecular weight excluding hydrogens is 264 g/mol. The van der Waals surface area contributed by atoms with Crippen LogP contribution in [0.4, 0.5) is 0 Å². The average Bonchev–Trinajstić information content (AvgIpc) is 1.88. The summed E-state index contributed by atoms with van der Waals surface area (Å²) < 4.78 is 4.66. The average molecular weight is 272 g/mol. The smallest absolute Gasteiger partial charge is 0.165 e. The van der Waals surface area contributed by atoms with Crippen LogP contribution < -0.4 is 0 Å². The minimum Gasteiger partial charge on any atom is -0.375 e. The van der Waals surface area contributed by atoms with E-state index in [4.69, 9.17) is 4.74 Å². The van der Waals surface area contributed by atoms with Crippen molar-refractivity contribution >= 4 is 37.6 Å². The van der Waals surface area contributed by atoms with Crippen molar-refractivity contribution in [3.05, 3.63) is 0 Å². The highest BCUT2D eigenvalue weighted by atomic mass is 79.9. The second kappa shape index (κ2) is 2.91. The number of carbonyl (C=O) groups excluding carboxylic acids is 1. The zero-order chi connectivity index (χ0) is 7.78. The number of ether oxygens (including phenoxy) is 1. The van der Waals surface area contributed by atoms with Crippen LogP contribution in [0.15, 0.2) is 0 Å². The third-order valence-electron chi connectivity index (χ3n) is 1.51. The Hall–Kier alpha value is 0.590. The number of halogens is 2. The molecule has 0 radical (unpaired) electrons. The van der Waals surface area contributed by atoms with Gasteiger partial charge in [0.05, 0.1) is 6.10 Å². The molecule has 2 nitrogen and oxygen atoms in total. The Kier molecular flexibility index (Phi) is 2.53. The standard InChI is InChI=1S/C6H8Br2O2/c1-2-10-5-3-4(9)6(5,7)8/h5H,2-3H2,1H3. The van der Waals surface area contributed by atoms with E-state index in [0.29, 0.717) is 13.0 Å². The molecule has 0 spiro atoms. The van der Waals surface area contributed by atoms with Gasteiger partial charge in [-0.05, 0) is 6.92 Å². The predicted octanol–water partition coefficient (Wildman–Crippen LogP) is 1.85. The van der Waals surface area contributed by atoms with Crippen molar-refractivity contribution in [1.82, 2.24) is 0 Å². The van der Waals surface area contributed by atoms with Gasteiger partial charge in [0.25, 0.3) is 0 Å². The molecule has 1 atom stereocenters. The maximum Gasteiger partial charge on any atom is 0.165 e. The predicted molar refractivity (Wildman–Crippen MR) is 45.6 cm³/mol. The van der Waals surface area contributed by atoms with E-state index in [1.165, 1.54) is 0 Å². The molecule has 4 heteroatoms. The van der Waals surface area contributed by atoms with Crippen LogP contribution in [0.3, 0.4) is 0 Å². The molecule has 0 aromatic rings.